The Morgan fingerprint density at radius 3 is 2.71 bits per heavy atom. The van der Waals surface area contributed by atoms with Crippen molar-refractivity contribution in [2.24, 2.45) is 5.73 Å². The zero-order valence-electron chi connectivity index (χ0n) is 11.5. The van der Waals surface area contributed by atoms with Crippen LogP contribution in [0.1, 0.15) is 11.7 Å². The van der Waals surface area contributed by atoms with Crippen LogP contribution in [0.25, 0.3) is 0 Å². The number of halogens is 1. The summed E-state index contributed by atoms with van der Waals surface area (Å²) in [5.41, 5.74) is 6.05. The number of amides is 2. The summed E-state index contributed by atoms with van der Waals surface area (Å²) in [6, 6.07) is 7.43. The van der Waals surface area contributed by atoms with E-state index in [1.54, 1.807) is 4.90 Å². The summed E-state index contributed by atoms with van der Waals surface area (Å²) in [4.78, 5) is 24.5. The van der Waals surface area contributed by atoms with Crippen molar-refractivity contribution in [3.63, 3.8) is 0 Å². The number of nitrogens with zero attached hydrogens (tertiary/aromatic N) is 1. The first kappa shape index (κ1) is 16.1. The van der Waals surface area contributed by atoms with E-state index in [9.17, 15) is 9.59 Å². The number of hydrogen-bond donors (Lipinski definition) is 1. The van der Waals surface area contributed by atoms with E-state index in [1.807, 2.05) is 24.3 Å². The normalized spacial score (nSPS) is 18.5. The minimum atomic E-state index is -0.409. The van der Waals surface area contributed by atoms with Crippen LogP contribution in [0.3, 0.4) is 0 Å². The molecule has 0 aromatic heterocycles. The summed E-state index contributed by atoms with van der Waals surface area (Å²) in [5.74, 6) is 0.0183. The number of benzene rings is 1. The van der Waals surface area contributed by atoms with E-state index in [0.29, 0.717) is 24.7 Å². The predicted octanol–water partition coefficient (Wildman–Crippen LogP) is 1.46. The van der Waals surface area contributed by atoms with Crippen molar-refractivity contribution in [1.29, 1.82) is 0 Å². The van der Waals surface area contributed by atoms with Crippen LogP contribution in [0.2, 0.25) is 5.02 Å². The number of thioether (sulfide) groups is 1. The second-order valence-electron chi connectivity index (χ2n) is 4.71. The van der Waals surface area contributed by atoms with Gasteiger partial charge in [-0.05, 0) is 17.7 Å². The van der Waals surface area contributed by atoms with E-state index < -0.39 is 5.91 Å². The van der Waals surface area contributed by atoms with Crippen LogP contribution in [-0.2, 0) is 14.3 Å². The highest BCUT2D eigenvalue weighted by atomic mass is 35.5. The van der Waals surface area contributed by atoms with Gasteiger partial charge in [0.05, 0.1) is 24.7 Å². The van der Waals surface area contributed by atoms with Gasteiger partial charge in [0.1, 0.15) is 6.10 Å². The molecule has 1 aliphatic rings. The van der Waals surface area contributed by atoms with Crippen molar-refractivity contribution in [3.05, 3.63) is 34.9 Å². The third kappa shape index (κ3) is 4.91. The molecule has 1 fully saturated rings. The predicted molar refractivity (Wildman–Crippen MR) is 83.2 cm³/mol. The molecule has 0 unspecified atom stereocenters. The van der Waals surface area contributed by atoms with Gasteiger partial charge in [0, 0.05) is 11.6 Å². The molecule has 1 aromatic rings. The maximum Gasteiger partial charge on any atom is 0.232 e. The van der Waals surface area contributed by atoms with Crippen molar-refractivity contribution < 1.29 is 14.3 Å². The lowest BCUT2D eigenvalue weighted by Gasteiger charge is -2.33. The Labute approximate surface area is 132 Å². The number of rotatable bonds is 5. The van der Waals surface area contributed by atoms with Crippen LogP contribution in [0, 0.1) is 0 Å². The SMILES string of the molecule is NC(=O)CSCC(=O)N1CCO[C@H](c2ccc(Cl)cc2)C1. The van der Waals surface area contributed by atoms with Crippen molar-refractivity contribution in [1.82, 2.24) is 4.90 Å². The fraction of sp³-hybridized carbons (Fsp3) is 0.429. The van der Waals surface area contributed by atoms with Crippen molar-refractivity contribution in [2.75, 3.05) is 31.2 Å². The van der Waals surface area contributed by atoms with Crippen molar-refractivity contribution in [2.45, 2.75) is 6.10 Å². The molecular formula is C14H17ClN2O3S. The van der Waals surface area contributed by atoms with E-state index >= 15 is 0 Å². The molecule has 1 heterocycles. The lowest BCUT2D eigenvalue weighted by atomic mass is 10.1. The summed E-state index contributed by atoms with van der Waals surface area (Å²) in [6.45, 7) is 1.58. The average Bonchev–Trinajstić information content (AvgIpc) is 2.47. The fourth-order valence-electron chi connectivity index (χ4n) is 2.09. The number of primary amides is 1. The van der Waals surface area contributed by atoms with Crippen molar-refractivity contribution in [3.8, 4) is 0 Å². The van der Waals surface area contributed by atoms with Gasteiger partial charge in [-0.3, -0.25) is 9.59 Å². The molecule has 21 heavy (non-hydrogen) atoms. The zero-order chi connectivity index (χ0) is 15.2. The van der Waals surface area contributed by atoms with Crippen LogP contribution in [0.15, 0.2) is 24.3 Å². The van der Waals surface area contributed by atoms with Gasteiger partial charge in [-0.15, -0.1) is 11.8 Å². The first-order chi connectivity index (χ1) is 10.1. The Morgan fingerprint density at radius 1 is 1.33 bits per heavy atom. The summed E-state index contributed by atoms with van der Waals surface area (Å²) >= 11 is 7.10. The summed E-state index contributed by atoms with van der Waals surface area (Å²) in [7, 11) is 0. The number of carbonyl (C=O) groups is 2. The van der Waals surface area contributed by atoms with E-state index in [0.717, 1.165) is 5.56 Å². The van der Waals surface area contributed by atoms with Gasteiger partial charge in [-0.2, -0.15) is 0 Å². The Bertz CT molecular complexity index is 509. The molecule has 1 aromatic carbocycles. The van der Waals surface area contributed by atoms with Crippen LogP contribution in [0.5, 0.6) is 0 Å². The molecule has 114 valence electrons. The lowest BCUT2D eigenvalue weighted by Crippen LogP contribution is -2.43. The molecule has 2 rings (SSSR count). The average molecular weight is 329 g/mol. The number of morpholine rings is 1. The Kier molecular flexibility index (Phi) is 5.90. The second-order valence-corrected chi connectivity index (χ2v) is 6.13. The third-order valence-corrected chi connectivity index (χ3v) is 4.32. The lowest BCUT2D eigenvalue weighted by molar-refractivity contribution is -0.136. The number of hydrogen-bond acceptors (Lipinski definition) is 4. The van der Waals surface area contributed by atoms with Crippen LogP contribution in [0.4, 0.5) is 0 Å². The highest BCUT2D eigenvalue weighted by Gasteiger charge is 2.25. The van der Waals surface area contributed by atoms with E-state index in [4.69, 9.17) is 22.1 Å². The standard InChI is InChI=1S/C14H17ClN2O3S/c15-11-3-1-10(2-4-11)12-7-17(5-6-20-12)14(19)9-21-8-13(16)18/h1-4,12H,5-9H2,(H2,16,18)/t12-/m0/s1. The van der Waals surface area contributed by atoms with Gasteiger partial charge in [-0.1, -0.05) is 23.7 Å². The number of carbonyl (C=O) groups excluding carboxylic acids is 2. The molecule has 1 atom stereocenters. The van der Waals surface area contributed by atoms with E-state index in [1.165, 1.54) is 11.8 Å². The zero-order valence-corrected chi connectivity index (χ0v) is 13.0. The van der Waals surface area contributed by atoms with Gasteiger partial charge in [0.2, 0.25) is 11.8 Å². The maximum atomic E-state index is 12.1. The van der Waals surface area contributed by atoms with E-state index in [2.05, 4.69) is 0 Å². The second kappa shape index (κ2) is 7.68. The van der Waals surface area contributed by atoms with Crippen LogP contribution >= 0.6 is 23.4 Å². The number of ether oxygens (including phenoxy) is 1. The maximum absolute atomic E-state index is 12.1. The summed E-state index contributed by atoms with van der Waals surface area (Å²) in [6.07, 6.45) is -0.138. The Morgan fingerprint density at radius 2 is 2.05 bits per heavy atom. The molecule has 0 bridgehead atoms. The first-order valence-electron chi connectivity index (χ1n) is 6.57. The quantitative estimate of drug-likeness (QED) is 0.888. The van der Waals surface area contributed by atoms with E-state index in [-0.39, 0.29) is 23.5 Å². The first-order valence-corrected chi connectivity index (χ1v) is 8.10. The highest BCUT2D eigenvalue weighted by Crippen LogP contribution is 2.24. The molecule has 1 aliphatic heterocycles. The molecule has 7 heteroatoms. The fourth-order valence-corrected chi connectivity index (χ4v) is 2.87. The van der Waals surface area contributed by atoms with Gasteiger partial charge < -0.3 is 15.4 Å². The smallest absolute Gasteiger partial charge is 0.232 e. The molecule has 2 N–H and O–H groups in total. The molecule has 2 amide bonds. The van der Waals surface area contributed by atoms with Crippen LogP contribution < -0.4 is 5.73 Å². The molecule has 0 radical (unpaired) electrons. The molecule has 0 spiro atoms. The van der Waals surface area contributed by atoms with Gasteiger partial charge in [0.15, 0.2) is 0 Å². The van der Waals surface area contributed by atoms with Gasteiger partial charge in [0.25, 0.3) is 0 Å². The summed E-state index contributed by atoms with van der Waals surface area (Å²) < 4.78 is 5.71. The number of nitrogens with two attached hydrogens (primary N) is 1. The largest absolute Gasteiger partial charge is 0.370 e. The highest BCUT2D eigenvalue weighted by molar-refractivity contribution is 8.00. The molecule has 1 saturated heterocycles. The topological polar surface area (TPSA) is 72.6 Å². The minimum Gasteiger partial charge on any atom is -0.370 e. The molecule has 5 nitrogen and oxygen atoms in total. The molecular weight excluding hydrogens is 312 g/mol. The summed E-state index contributed by atoms with van der Waals surface area (Å²) in [5, 5.41) is 0.672. The Balaban J connectivity index is 1.89. The minimum absolute atomic E-state index is 0.00325. The Hall–Kier alpha value is -1.24. The molecule has 0 saturated carbocycles. The monoisotopic (exact) mass is 328 g/mol. The third-order valence-electron chi connectivity index (χ3n) is 3.13. The van der Waals surface area contributed by atoms with Gasteiger partial charge >= 0.3 is 0 Å². The van der Waals surface area contributed by atoms with Crippen LogP contribution in [-0.4, -0.2) is 47.9 Å². The van der Waals surface area contributed by atoms with Gasteiger partial charge in [-0.25, -0.2) is 0 Å². The molecule has 0 aliphatic carbocycles. The van der Waals surface area contributed by atoms with Crippen molar-refractivity contribution >= 4 is 35.2 Å².